The number of aromatic nitrogens is 2. The third-order valence-electron chi connectivity index (χ3n) is 3.84. The molecular formula is C16H18N4O. The number of amides is 2. The van der Waals surface area contributed by atoms with Crippen molar-refractivity contribution >= 4 is 17.4 Å². The van der Waals surface area contributed by atoms with Gasteiger partial charge in [0.25, 0.3) is 0 Å². The summed E-state index contributed by atoms with van der Waals surface area (Å²) in [5, 5.41) is 10.6. The molecule has 0 saturated heterocycles. The van der Waals surface area contributed by atoms with Crippen LogP contribution in [0.5, 0.6) is 0 Å². The monoisotopic (exact) mass is 282 g/mol. The van der Waals surface area contributed by atoms with Crippen molar-refractivity contribution in [3.05, 3.63) is 47.3 Å². The van der Waals surface area contributed by atoms with Gasteiger partial charge in [0.2, 0.25) is 0 Å². The van der Waals surface area contributed by atoms with E-state index in [4.69, 9.17) is 0 Å². The first-order valence-electron chi connectivity index (χ1n) is 7.17. The number of aryl methyl sites for hydroxylation is 2. The standard InChI is InChI=1S/C16H18N4O/c1-3-12-4-5-15-13(10-12)7-9-20(15)16(21)18-14-6-8-17-19-11(14)2/h4-6,8,10H,3,7,9H2,1-2H3,(H,17,18,21). The number of anilines is 2. The number of rotatable bonds is 2. The Bertz CT molecular complexity index is 684. The number of hydrogen-bond acceptors (Lipinski definition) is 3. The molecule has 0 radical (unpaired) electrons. The van der Waals surface area contributed by atoms with Crippen molar-refractivity contribution in [3.63, 3.8) is 0 Å². The number of nitrogens with zero attached hydrogens (tertiary/aromatic N) is 3. The highest BCUT2D eigenvalue weighted by Gasteiger charge is 2.25. The van der Waals surface area contributed by atoms with Gasteiger partial charge in [-0.1, -0.05) is 19.1 Å². The van der Waals surface area contributed by atoms with Gasteiger partial charge in [-0.25, -0.2) is 4.79 Å². The van der Waals surface area contributed by atoms with Crippen molar-refractivity contribution in [2.24, 2.45) is 0 Å². The summed E-state index contributed by atoms with van der Waals surface area (Å²) >= 11 is 0. The summed E-state index contributed by atoms with van der Waals surface area (Å²) < 4.78 is 0. The highest BCUT2D eigenvalue weighted by atomic mass is 16.2. The van der Waals surface area contributed by atoms with Crippen molar-refractivity contribution in [2.75, 3.05) is 16.8 Å². The first-order chi connectivity index (χ1) is 10.2. The molecule has 21 heavy (non-hydrogen) atoms. The molecular weight excluding hydrogens is 264 g/mol. The van der Waals surface area contributed by atoms with Crippen LogP contribution in [0.4, 0.5) is 16.2 Å². The number of carbonyl (C=O) groups is 1. The lowest BCUT2D eigenvalue weighted by Crippen LogP contribution is -2.33. The Morgan fingerprint density at radius 3 is 3.00 bits per heavy atom. The van der Waals surface area contributed by atoms with E-state index in [0.717, 1.165) is 18.5 Å². The fourth-order valence-corrected chi connectivity index (χ4v) is 2.60. The van der Waals surface area contributed by atoms with Gasteiger partial charge in [0.1, 0.15) is 0 Å². The second-order valence-electron chi connectivity index (χ2n) is 5.18. The topological polar surface area (TPSA) is 58.1 Å². The van der Waals surface area contributed by atoms with E-state index in [1.54, 1.807) is 17.2 Å². The quantitative estimate of drug-likeness (QED) is 0.921. The molecule has 0 saturated carbocycles. The fourth-order valence-electron chi connectivity index (χ4n) is 2.60. The Morgan fingerprint density at radius 1 is 1.38 bits per heavy atom. The number of benzene rings is 1. The molecule has 0 fully saturated rings. The first kappa shape index (κ1) is 13.5. The molecule has 5 heteroatoms. The molecule has 2 heterocycles. The molecule has 0 unspecified atom stereocenters. The third kappa shape index (κ3) is 2.59. The molecule has 0 aliphatic carbocycles. The van der Waals surface area contributed by atoms with Gasteiger partial charge in [-0.15, -0.1) is 0 Å². The van der Waals surface area contributed by atoms with E-state index in [0.29, 0.717) is 17.9 Å². The zero-order valence-electron chi connectivity index (χ0n) is 12.3. The van der Waals surface area contributed by atoms with Crippen LogP contribution in [0.3, 0.4) is 0 Å². The first-order valence-corrected chi connectivity index (χ1v) is 7.17. The molecule has 0 spiro atoms. The van der Waals surface area contributed by atoms with E-state index in [9.17, 15) is 4.79 Å². The van der Waals surface area contributed by atoms with Crippen LogP contribution in [0.1, 0.15) is 23.7 Å². The molecule has 3 rings (SSSR count). The zero-order chi connectivity index (χ0) is 14.8. The smallest absolute Gasteiger partial charge is 0.306 e. The van der Waals surface area contributed by atoms with Crippen LogP contribution < -0.4 is 10.2 Å². The molecule has 108 valence electrons. The SMILES string of the molecule is CCc1ccc2c(c1)CCN2C(=O)Nc1ccnnc1C. The minimum Gasteiger partial charge on any atom is -0.306 e. The Morgan fingerprint density at radius 2 is 2.24 bits per heavy atom. The van der Waals surface area contributed by atoms with E-state index in [2.05, 4.69) is 34.6 Å². The summed E-state index contributed by atoms with van der Waals surface area (Å²) in [5.74, 6) is 0. The van der Waals surface area contributed by atoms with Crippen LogP contribution in [-0.4, -0.2) is 22.8 Å². The molecule has 1 N–H and O–H groups in total. The molecule has 2 amide bonds. The van der Waals surface area contributed by atoms with Gasteiger partial charge < -0.3 is 5.32 Å². The highest BCUT2D eigenvalue weighted by molar-refractivity contribution is 6.03. The number of urea groups is 1. The number of hydrogen-bond donors (Lipinski definition) is 1. The lowest BCUT2D eigenvalue weighted by atomic mass is 10.1. The second kappa shape index (κ2) is 5.52. The molecule has 1 aliphatic rings. The average Bonchev–Trinajstić information content (AvgIpc) is 2.92. The average molecular weight is 282 g/mol. The molecule has 1 aromatic heterocycles. The van der Waals surface area contributed by atoms with E-state index in [-0.39, 0.29) is 6.03 Å². The Kier molecular flexibility index (Phi) is 3.56. The summed E-state index contributed by atoms with van der Waals surface area (Å²) in [6.07, 6.45) is 3.50. The normalized spacial score (nSPS) is 13.1. The van der Waals surface area contributed by atoms with Crippen molar-refractivity contribution in [1.82, 2.24) is 10.2 Å². The van der Waals surface area contributed by atoms with Crippen LogP contribution in [0.15, 0.2) is 30.5 Å². The molecule has 0 atom stereocenters. The van der Waals surface area contributed by atoms with Crippen molar-refractivity contribution in [2.45, 2.75) is 26.7 Å². The van der Waals surface area contributed by atoms with Crippen LogP contribution in [0.25, 0.3) is 0 Å². The summed E-state index contributed by atoms with van der Waals surface area (Å²) in [4.78, 5) is 14.2. The summed E-state index contributed by atoms with van der Waals surface area (Å²) in [6, 6.07) is 7.97. The Hall–Kier alpha value is -2.43. The van der Waals surface area contributed by atoms with E-state index in [1.165, 1.54) is 11.1 Å². The van der Waals surface area contributed by atoms with Crippen molar-refractivity contribution < 1.29 is 4.79 Å². The van der Waals surface area contributed by atoms with Gasteiger partial charge in [0, 0.05) is 12.2 Å². The van der Waals surface area contributed by atoms with Crippen LogP contribution in [-0.2, 0) is 12.8 Å². The van der Waals surface area contributed by atoms with E-state index < -0.39 is 0 Å². The predicted molar refractivity (Wildman–Crippen MR) is 82.7 cm³/mol. The molecule has 1 aromatic carbocycles. The van der Waals surface area contributed by atoms with Gasteiger partial charge in [0.15, 0.2) is 0 Å². The largest absolute Gasteiger partial charge is 0.326 e. The lowest BCUT2D eigenvalue weighted by Gasteiger charge is -2.18. The Labute approximate surface area is 124 Å². The van der Waals surface area contributed by atoms with E-state index >= 15 is 0 Å². The van der Waals surface area contributed by atoms with Crippen molar-refractivity contribution in [1.29, 1.82) is 0 Å². The number of carbonyl (C=O) groups excluding carboxylic acids is 1. The highest BCUT2D eigenvalue weighted by Crippen LogP contribution is 2.29. The molecule has 0 bridgehead atoms. The molecule has 2 aromatic rings. The maximum Gasteiger partial charge on any atom is 0.326 e. The molecule has 5 nitrogen and oxygen atoms in total. The Balaban J connectivity index is 1.81. The number of fused-ring (bicyclic) bond motifs is 1. The minimum atomic E-state index is -0.117. The predicted octanol–water partition coefficient (Wildman–Crippen LogP) is 2.94. The van der Waals surface area contributed by atoms with Gasteiger partial charge in [0.05, 0.1) is 17.6 Å². The van der Waals surface area contributed by atoms with Gasteiger partial charge in [-0.2, -0.15) is 10.2 Å². The van der Waals surface area contributed by atoms with Crippen LogP contribution in [0, 0.1) is 6.92 Å². The number of nitrogens with one attached hydrogen (secondary N) is 1. The van der Waals surface area contributed by atoms with E-state index in [1.807, 2.05) is 13.0 Å². The summed E-state index contributed by atoms with van der Waals surface area (Å²) in [5.41, 5.74) is 4.98. The van der Waals surface area contributed by atoms with Crippen molar-refractivity contribution in [3.8, 4) is 0 Å². The maximum absolute atomic E-state index is 12.5. The fraction of sp³-hybridized carbons (Fsp3) is 0.312. The lowest BCUT2D eigenvalue weighted by molar-refractivity contribution is 0.257. The summed E-state index contributed by atoms with van der Waals surface area (Å²) in [6.45, 7) is 4.68. The van der Waals surface area contributed by atoms with Gasteiger partial charge in [-0.3, -0.25) is 4.90 Å². The maximum atomic E-state index is 12.5. The zero-order valence-corrected chi connectivity index (χ0v) is 12.3. The second-order valence-corrected chi connectivity index (χ2v) is 5.18. The summed E-state index contributed by atoms with van der Waals surface area (Å²) in [7, 11) is 0. The van der Waals surface area contributed by atoms with Gasteiger partial charge in [-0.05, 0) is 43.0 Å². The third-order valence-corrected chi connectivity index (χ3v) is 3.84. The minimum absolute atomic E-state index is 0.117. The van der Waals surface area contributed by atoms with Gasteiger partial charge >= 0.3 is 6.03 Å². The van der Waals surface area contributed by atoms with Crippen LogP contribution >= 0.6 is 0 Å². The molecule has 1 aliphatic heterocycles. The van der Waals surface area contributed by atoms with Crippen LogP contribution in [0.2, 0.25) is 0 Å².